The topological polar surface area (TPSA) is 41.6 Å². The van der Waals surface area contributed by atoms with Crippen LogP contribution in [-0.4, -0.2) is 15.0 Å². The highest BCUT2D eigenvalue weighted by Crippen LogP contribution is 2.34. The van der Waals surface area contributed by atoms with E-state index in [2.05, 4.69) is 27.1 Å². The Morgan fingerprint density at radius 2 is 1.58 bits per heavy atom. The Morgan fingerprint density at radius 3 is 2.42 bits per heavy atom. The van der Waals surface area contributed by atoms with E-state index in [0.29, 0.717) is 0 Å². The molecule has 1 aromatic carbocycles. The average Bonchev–Trinajstić information content (AvgIpc) is 3.04. The van der Waals surface area contributed by atoms with Crippen LogP contribution in [0.3, 0.4) is 0 Å². The molecule has 0 saturated heterocycles. The average molecular weight is 358 g/mol. The minimum atomic E-state index is 0. The smallest absolute Gasteiger partial charge is 0.0726 e. The molecule has 0 aliphatic rings. The van der Waals surface area contributed by atoms with Crippen molar-refractivity contribution in [2.24, 2.45) is 0 Å². The van der Waals surface area contributed by atoms with Crippen LogP contribution < -0.4 is 0 Å². The van der Waals surface area contributed by atoms with Crippen molar-refractivity contribution in [2.45, 2.75) is 6.92 Å². The first-order chi connectivity index (χ1) is 10.8. The van der Waals surface area contributed by atoms with Crippen molar-refractivity contribution in [1.82, 2.24) is 15.0 Å². The van der Waals surface area contributed by atoms with Crippen LogP contribution in [0.1, 0.15) is 5.69 Å². The van der Waals surface area contributed by atoms with Gasteiger partial charge in [0.05, 0.1) is 11.2 Å². The molecule has 0 amide bonds. The Hall–Kier alpha value is -2.36. The summed E-state index contributed by atoms with van der Waals surface area (Å²) < 4.78 is 0. The lowest BCUT2D eigenvalue weighted by Crippen LogP contribution is -1.88. The van der Waals surface area contributed by atoms with Gasteiger partial charge in [0, 0.05) is 40.8 Å². The van der Waals surface area contributed by atoms with Crippen LogP contribution in [0.25, 0.3) is 33.3 Å². The summed E-state index contributed by atoms with van der Waals surface area (Å²) in [5.74, 6) is 0. The van der Waals surface area contributed by atoms with Gasteiger partial charge in [0.2, 0.25) is 0 Å². The van der Waals surface area contributed by atoms with E-state index in [9.17, 15) is 0 Å². The number of pyridine rings is 2. The number of halogens is 2. The summed E-state index contributed by atoms with van der Waals surface area (Å²) in [6.07, 6.45) is 5.89. The highest BCUT2D eigenvalue weighted by molar-refractivity contribution is 5.98. The van der Waals surface area contributed by atoms with E-state index >= 15 is 0 Å². The van der Waals surface area contributed by atoms with Gasteiger partial charge in [-0.15, -0.1) is 24.8 Å². The zero-order chi connectivity index (χ0) is 14.9. The van der Waals surface area contributed by atoms with Gasteiger partial charge in [-0.1, -0.05) is 24.3 Å². The van der Waals surface area contributed by atoms with Gasteiger partial charge in [-0.05, 0) is 36.8 Å². The molecule has 0 aliphatic heterocycles. The molecule has 0 atom stereocenters. The molecular formula is C19H17Cl2N3. The standard InChI is InChI=1S/C19H15N3.2ClH/c1-13-5-4-8-19(22-13)17-12-20-11-16(17)14-9-10-21-18-7-3-2-6-15(14)18;;/h2-12,20H,1H3;2*1H. The SMILES string of the molecule is Cc1cccc(-c2c[nH]cc2-c2ccnc3ccccc23)n1.Cl.Cl. The van der Waals surface area contributed by atoms with E-state index < -0.39 is 0 Å². The van der Waals surface area contributed by atoms with Crippen LogP contribution in [0.2, 0.25) is 0 Å². The molecule has 4 aromatic rings. The molecule has 0 saturated carbocycles. The van der Waals surface area contributed by atoms with Crippen LogP contribution in [0.15, 0.2) is 67.1 Å². The number of para-hydroxylation sites is 1. The van der Waals surface area contributed by atoms with Crippen molar-refractivity contribution in [3.8, 4) is 22.4 Å². The maximum absolute atomic E-state index is 4.65. The number of rotatable bonds is 2. The molecule has 0 radical (unpaired) electrons. The first-order valence-electron chi connectivity index (χ1n) is 7.28. The molecule has 0 aliphatic carbocycles. The zero-order valence-electron chi connectivity index (χ0n) is 13.1. The van der Waals surface area contributed by atoms with E-state index in [1.165, 1.54) is 5.56 Å². The molecule has 0 bridgehead atoms. The molecule has 24 heavy (non-hydrogen) atoms. The Morgan fingerprint density at radius 1 is 0.792 bits per heavy atom. The van der Waals surface area contributed by atoms with Crippen molar-refractivity contribution in [3.63, 3.8) is 0 Å². The van der Waals surface area contributed by atoms with Crippen LogP contribution in [0, 0.1) is 6.92 Å². The predicted octanol–water partition coefficient (Wildman–Crippen LogP) is 5.44. The van der Waals surface area contributed by atoms with E-state index in [-0.39, 0.29) is 24.8 Å². The van der Waals surface area contributed by atoms with Crippen LogP contribution in [-0.2, 0) is 0 Å². The highest BCUT2D eigenvalue weighted by atomic mass is 35.5. The summed E-state index contributed by atoms with van der Waals surface area (Å²) in [6, 6.07) is 16.4. The number of nitrogens with zero attached hydrogens (tertiary/aromatic N) is 2. The molecule has 1 N–H and O–H groups in total. The van der Waals surface area contributed by atoms with Gasteiger partial charge in [-0.2, -0.15) is 0 Å². The van der Waals surface area contributed by atoms with Gasteiger partial charge >= 0.3 is 0 Å². The Labute approximate surface area is 153 Å². The highest BCUT2D eigenvalue weighted by Gasteiger charge is 2.12. The quantitative estimate of drug-likeness (QED) is 0.518. The second-order valence-electron chi connectivity index (χ2n) is 5.32. The summed E-state index contributed by atoms with van der Waals surface area (Å²) in [7, 11) is 0. The summed E-state index contributed by atoms with van der Waals surface area (Å²) >= 11 is 0. The minimum Gasteiger partial charge on any atom is -0.366 e. The normalized spacial score (nSPS) is 10.0. The largest absolute Gasteiger partial charge is 0.366 e. The summed E-state index contributed by atoms with van der Waals surface area (Å²) in [5, 5.41) is 1.15. The number of aryl methyl sites for hydroxylation is 1. The third-order valence-corrected chi connectivity index (χ3v) is 3.85. The Balaban J connectivity index is 0.00000104. The third-order valence-electron chi connectivity index (χ3n) is 3.85. The molecule has 5 heteroatoms. The van der Waals surface area contributed by atoms with Gasteiger partial charge in [0.15, 0.2) is 0 Å². The Bertz CT molecular complexity index is 958. The number of nitrogens with one attached hydrogen (secondary N) is 1. The van der Waals surface area contributed by atoms with Gasteiger partial charge < -0.3 is 4.98 Å². The van der Waals surface area contributed by atoms with Crippen LogP contribution >= 0.6 is 24.8 Å². The number of benzene rings is 1. The van der Waals surface area contributed by atoms with Gasteiger partial charge in [0.25, 0.3) is 0 Å². The van der Waals surface area contributed by atoms with Crippen molar-refractivity contribution in [3.05, 3.63) is 72.8 Å². The molecule has 4 rings (SSSR count). The van der Waals surface area contributed by atoms with Crippen LogP contribution in [0.5, 0.6) is 0 Å². The molecule has 122 valence electrons. The molecular weight excluding hydrogens is 341 g/mol. The maximum atomic E-state index is 4.65. The number of hydrogen-bond donors (Lipinski definition) is 1. The number of aromatic amines is 1. The first-order valence-corrected chi connectivity index (χ1v) is 7.28. The van der Waals surface area contributed by atoms with Crippen molar-refractivity contribution >= 4 is 35.7 Å². The molecule has 3 heterocycles. The Kier molecular flexibility index (Phi) is 5.60. The lowest BCUT2D eigenvalue weighted by molar-refractivity contribution is 1.21. The van der Waals surface area contributed by atoms with Crippen molar-refractivity contribution in [1.29, 1.82) is 0 Å². The van der Waals surface area contributed by atoms with Crippen molar-refractivity contribution < 1.29 is 0 Å². The molecule has 3 nitrogen and oxygen atoms in total. The third kappa shape index (κ3) is 3.14. The summed E-state index contributed by atoms with van der Waals surface area (Å²) in [4.78, 5) is 12.3. The fraction of sp³-hybridized carbons (Fsp3) is 0.0526. The van der Waals surface area contributed by atoms with Gasteiger partial charge in [-0.25, -0.2) is 0 Å². The van der Waals surface area contributed by atoms with Gasteiger partial charge in [0.1, 0.15) is 0 Å². The van der Waals surface area contributed by atoms with E-state index in [4.69, 9.17) is 0 Å². The predicted molar refractivity (Wildman–Crippen MR) is 104 cm³/mol. The zero-order valence-corrected chi connectivity index (χ0v) is 14.7. The molecule has 0 fully saturated rings. The van der Waals surface area contributed by atoms with E-state index in [1.54, 1.807) is 0 Å². The summed E-state index contributed by atoms with van der Waals surface area (Å²) in [6.45, 7) is 2.01. The van der Waals surface area contributed by atoms with E-state index in [0.717, 1.165) is 33.4 Å². The second-order valence-corrected chi connectivity index (χ2v) is 5.32. The number of H-pyrrole nitrogens is 1. The van der Waals surface area contributed by atoms with Crippen molar-refractivity contribution in [2.75, 3.05) is 0 Å². The lowest BCUT2D eigenvalue weighted by Gasteiger charge is -2.08. The minimum absolute atomic E-state index is 0. The first kappa shape index (κ1) is 18.0. The van der Waals surface area contributed by atoms with Crippen LogP contribution in [0.4, 0.5) is 0 Å². The molecule has 3 aromatic heterocycles. The number of hydrogen-bond acceptors (Lipinski definition) is 2. The van der Waals surface area contributed by atoms with Gasteiger partial charge in [-0.3, -0.25) is 9.97 Å². The molecule has 0 spiro atoms. The van der Waals surface area contributed by atoms with E-state index in [1.807, 2.05) is 61.9 Å². The number of fused-ring (bicyclic) bond motifs is 1. The second kappa shape index (κ2) is 7.47. The monoisotopic (exact) mass is 357 g/mol. The number of aromatic nitrogens is 3. The fourth-order valence-corrected chi connectivity index (χ4v) is 2.82. The lowest BCUT2D eigenvalue weighted by atomic mass is 9.99. The molecule has 0 unspecified atom stereocenters. The fourth-order valence-electron chi connectivity index (χ4n) is 2.82. The maximum Gasteiger partial charge on any atom is 0.0726 e. The summed E-state index contributed by atoms with van der Waals surface area (Å²) in [5.41, 5.74) is 6.44.